The summed E-state index contributed by atoms with van der Waals surface area (Å²) in [5.41, 5.74) is 2.46. The lowest BCUT2D eigenvalue weighted by Crippen LogP contribution is -2.14. The highest BCUT2D eigenvalue weighted by atomic mass is 19.1. The van der Waals surface area contributed by atoms with Crippen molar-refractivity contribution in [3.05, 3.63) is 53.2 Å². The van der Waals surface area contributed by atoms with Gasteiger partial charge in [0.25, 0.3) is 5.91 Å². The highest BCUT2D eigenvalue weighted by molar-refractivity contribution is 6.04. The second kappa shape index (κ2) is 5.62. The average molecular weight is 278 g/mol. The third-order valence-electron chi connectivity index (χ3n) is 2.67. The predicted octanol–water partition coefficient (Wildman–Crippen LogP) is 2.21. The third-order valence-corrected chi connectivity index (χ3v) is 2.67. The second-order valence-electron chi connectivity index (χ2n) is 4.11. The van der Waals surface area contributed by atoms with Gasteiger partial charge in [-0.15, -0.1) is 0 Å². The number of carbonyl (C=O) groups is 1. The number of nitrogens with one attached hydrogen (secondary N) is 2. The molecule has 7 heteroatoms. The van der Waals surface area contributed by atoms with Crippen molar-refractivity contribution >= 4 is 17.4 Å². The number of hydrogen-bond donors (Lipinski definition) is 3. The van der Waals surface area contributed by atoms with Gasteiger partial charge in [-0.1, -0.05) is 0 Å². The Balaban J connectivity index is 2.20. The van der Waals surface area contributed by atoms with Crippen molar-refractivity contribution in [3.63, 3.8) is 0 Å². The number of halogens is 2. The number of aromatic nitrogens is 1. The van der Waals surface area contributed by atoms with Crippen LogP contribution in [-0.4, -0.2) is 10.9 Å². The van der Waals surface area contributed by atoms with E-state index in [1.807, 2.05) is 0 Å². The minimum absolute atomic E-state index is 0.167. The molecule has 4 N–H and O–H groups in total. The zero-order chi connectivity index (χ0) is 14.7. The molecule has 0 spiro atoms. The van der Waals surface area contributed by atoms with Crippen LogP contribution in [0.5, 0.6) is 0 Å². The van der Waals surface area contributed by atoms with E-state index in [-0.39, 0.29) is 16.8 Å². The Morgan fingerprint density at radius 3 is 2.60 bits per heavy atom. The number of nitrogen functional groups attached to an aromatic ring is 1. The summed E-state index contributed by atoms with van der Waals surface area (Å²) < 4.78 is 27.0. The molecule has 0 unspecified atom stereocenters. The first-order valence-electron chi connectivity index (χ1n) is 5.71. The topological polar surface area (TPSA) is 80.0 Å². The standard InChI is InChI=1S/C13H12F2N4O/c1-7-4-10(15)11(5-9(7)14)18-13(20)8-2-3-12(19-16)17-6-8/h2-6H,16H2,1H3,(H,17,19)(H,18,20). The zero-order valence-electron chi connectivity index (χ0n) is 10.6. The van der Waals surface area contributed by atoms with E-state index in [0.717, 1.165) is 12.1 Å². The molecule has 0 bridgehead atoms. The van der Waals surface area contributed by atoms with Crippen LogP contribution in [0, 0.1) is 18.6 Å². The van der Waals surface area contributed by atoms with Gasteiger partial charge in [-0.3, -0.25) is 4.79 Å². The van der Waals surface area contributed by atoms with Gasteiger partial charge in [-0.2, -0.15) is 0 Å². The molecule has 1 heterocycles. The normalized spacial score (nSPS) is 10.2. The van der Waals surface area contributed by atoms with Gasteiger partial charge in [0.05, 0.1) is 11.3 Å². The first-order chi connectivity index (χ1) is 9.51. The van der Waals surface area contributed by atoms with Crippen molar-refractivity contribution in [1.29, 1.82) is 0 Å². The molecule has 0 aliphatic heterocycles. The van der Waals surface area contributed by atoms with Crippen molar-refractivity contribution in [3.8, 4) is 0 Å². The second-order valence-corrected chi connectivity index (χ2v) is 4.11. The lowest BCUT2D eigenvalue weighted by atomic mass is 10.2. The van der Waals surface area contributed by atoms with Gasteiger partial charge in [0.2, 0.25) is 0 Å². The summed E-state index contributed by atoms with van der Waals surface area (Å²) >= 11 is 0. The lowest BCUT2D eigenvalue weighted by Gasteiger charge is -2.08. The number of benzene rings is 1. The first kappa shape index (κ1) is 13.9. The summed E-state index contributed by atoms with van der Waals surface area (Å²) in [5, 5.41) is 2.29. The van der Waals surface area contributed by atoms with Gasteiger partial charge in [-0.25, -0.2) is 19.6 Å². The van der Waals surface area contributed by atoms with E-state index in [9.17, 15) is 13.6 Å². The minimum atomic E-state index is -0.703. The molecule has 2 aromatic rings. The molecule has 0 radical (unpaired) electrons. The van der Waals surface area contributed by atoms with Crippen molar-refractivity contribution in [2.75, 3.05) is 10.7 Å². The van der Waals surface area contributed by atoms with E-state index in [0.29, 0.717) is 5.82 Å². The summed E-state index contributed by atoms with van der Waals surface area (Å²) in [6, 6.07) is 4.90. The number of pyridine rings is 1. The van der Waals surface area contributed by atoms with E-state index in [2.05, 4.69) is 15.7 Å². The Labute approximate surface area is 113 Å². The Kier molecular flexibility index (Phi) is 3.90. The Hall–Kier alpha value is -2.54. The first-order valence-corrected chi connectivity index (χ1v) is 5.71. The Morgan fingerprint density at radius 1 is 1.25 bits per heavy atom. The summed E-state index contributed by atoms with van der Waals surface area (Å²) in [5.74, 6) is 3.64. The van der Waals surface area contributed by atoms with Crippen molar-refractivity contribution < 1.29 is 13.6 Å². The van der Waals surface area contributed by atoms with Crippen LogP contribution in [0.2, 0.25) is 0 Å². The minimum Gasteiger partial charge on any atom is -0.319 e. The van der Waals surface area contributed by atoms with Crippen molar-refractivity contribution in [2.45, 2.75) is 6.92 Å². The Morgan fingerprint density at radius 2 is 2.00 bits per heavy atom. The van der Waals surface area contributed by atoms with Crippen LogP contribution in [0.25, 0.3) is 0 Å². The number of hydrazine groups is 1. The highest BCUT2D eigenvalue weighted by Gasteiger charge is 2.12. The number of carbonyl (C=O) groups excluding carboxylic acids is 1. The average Bonchev–Trinajstić information content (AvgIpc) is 2.44. The molecule has 0 saturated heterocycles. The van der Waals surface area contributed by atoms with Crippen molar-refractivity contribution in [2.24, 2.45) is 5.84 Å². The number of rotatable bonds is 3. The maximum Gasteiger partial charge on any atom is 0.257 e. The summed E-state index contributed by atoms with van der Waals surface area (Å²) in [7, 11) is 0. The summed E-state index contributed by atoms with van der Waals surface area (Å²) in [6.45, 7) is 1.44. The van der Waals surface area contributed by atoms with E-state index in [1.54, 1.807) is 0 Å². The van der Waals surface area contributed by atoms with Crippen LogP contribution in [-0.2, 0) is 0 Å². The number of aryl methyl sites for hydroxylation is 1. The van der Waals surface area contributed by atoms with Gasteiger partial charge in [0.1, 0.15) is 17.5 Å². The number of nitrogens with zero attached hydrogens (tertiary/aromatic N) is 1. The van der Waals surface area contributed by atoms with Crippen LogP contribution >= 0.6 is 0 Å². The smallest absolute Gasteiger partial charge is 0.257 e. The quantitative estimate of drug-likeness (QED) is 0.594. The molecule has 0 aliphatic carbocycles. The number of anilines is 2. The summed E-state index contributed by atoms with van der Waals surface area (Å²) in [6.07, 6.45) is 1.27. The maximum absolute atomic E-state index is 13.6. The maximum atomic E-state index is 13.6. The molecule has 2 rings (SSSR count). The SMILES string of the molecule is Cc1cc(F)c(NC(=O)c2ccc(NN)nc2)cc1F. The molecule has 0 saturated carbocycles. The molecule has 1 amide bonds. The third kappa shape index (κ3) is 2.89. The van der Waals surface area contributed by atoms with E-state index in [4.69, 9.17) is 5.84 Å². The number of amides is 1. The molecule has 0 atom stereocenters. The van der Waals surface area contributed by atoms with Crippen LogP contribution in [0.3, 0.4) is 0 Å². The molecule has 20 heavy (non-hydrogen) atoms. The fourth-order valence-corrected chi connectivity index (χ4v) is 1.55. The van der Waals surface area contributed by atoms with Crippen LogP contribution in [0.4, 0.5) is 20.3 Å². The molecule has 0 fully saturated rings. The van der Waals surface area contributed by atoms with E-state index < -0.39 is 17.5 Å². The molecule has 104 valence electrons. The number of hydrogen-bond acceptors (Lipinski definition) is 4. The number of nitrogens with two attached hydrogens (primary N) is 1. The van der Waals surface area contributed by atoms with E-state index >= 15 is 0 Å². The van der Waals surface area contributed by atoms with Crippen LogP contribution < -0.4 is 16.6 Å². The fourth-order valence-electron chi connectivity index (χ4n) is 1.55. The molecule has 0 aliphatic rings. The molecule has 5 nitrogen and oxygen atoms in total. The van der Waals surface area contributed by atoms with Crippen LogP contribution in [0.15, 0.2) is 30.5 Å². The predicted molar refractivity (Wildman–Crippen MR) is 71.1 cm³/mol. The molecular weight excluding hydrogens is 266 g/mol. The highest BCUT2D eigenvalue weighted by Crippen LogP contribution is 2.19. The molecule has 1 aromatic carbocycles. The summed E-state index contributed by atoms with van der Waals surface area (Å²) in [4.78, 5) is 15.7. The molecule has 1 aromatic heterocycles. The van der Waals surface area contributed by atoms with Gasteiger partial charge >= 0.3 is 0 Å². The van der Waals surface area contributed by atoms with Gasteiger partial charge in [0.15, 0.2) is 0 Å². The monoisotopic (exact) mass is 278 g/mol. The van der Waals surface area contributed by atoms with Gasteiger partial charge in [0, 0.05) is 12.3 Å². The zero-order valence-corrected chi connectivity index (χ0v) is 10.6. The largest absolute Gasteiger partial charge is 0.319 e. The van der Waals surface area contributed by atoms with Crippen molar-refractivity contribution in [1.82, 2.24) is 4.98 Å². The Bertz CT molecular complexity index is 644. The fraction of sp³-hybridized carbons (Fsp3) is 0.0769. The van der Waals surface area contributed by atoms with Crippen LogP contribution in [0.1, 0.15) is 15.9 Å². The molecular formula is C13H12F2N4O. The van der Waals surface area contributed by atoms with Gasteiger partial charge in [-0.05, 0) is 30.7 Å². The lowest BCUT2D eigenvalue weighted by molar-refractivity contribution is 0.102. The van der Waals surface area contributed by atoms with Gasteiger partial charge < -0.3 is 10.7 Å². The van der Waals surface area contributed by atoms with E-state index in [1.165, 1.54) is 25.3 Å².